The van der Waals surface area contributed by atoms with Crippen LogP contribution in [0.5, 0.6) is 0 Å². The standard InChI is InChI=1S/C10H16N4S/c1-13(2)6-3-7-14-8-5-12-10(14)15-9-4-11/h5,8H,3,6-7,9H2,1-2H3. The van der Waals surface area contributed by atoms with Gasteiger partial charge >= 0.3 is 0 Å². The van der Waals surface area contributed by atoms with Crippen molar-refractivity contribution in [3.8, 4) is 6.07 Å². The highest BCUT2D eigenvalue weighted by atomic mass is 32.2. The quantitative estimate of drug-likeness (QED) is 0.686. The molecule has 1 aromatic rings. The predicted molar refractivity (Wildman–Crippen MR) is 61.7 cm³/mol. The fraction of sp³-hybridized carbons (Fsp3) is 0.600. The molecule has 0 amide bonds. The third kappa shape index (κ3) is 4.36. The summed E-state index contributed by atoms with van der Waals surface area (Å²) in [6.45, 7) is 2.03. The first kappa shape index (κ1) is 12.1. The van der Waals surface area contributed by atoms with E-state index >= 15 is 0 Å². The summed E-state index contributed by atoms with van der Waals surface area (Å²) in [6, 6.07) is 2.11. The number of thioether (sulfide) groups is 1. The second-order valence-electron chi connectivity index (χ2n) is 3.51. The average molecular weight is 224 g/mol. The smallest absolute Gasteiger partial charge is 0.168 e. The Labute approximate surface area is 94.9 Å². The van der Waals surface area contributed by atoms with Crippen molar-refractivity contribution < 1.29 is 0 Å². The maximum absolute atomic E-state index is 8.49. The summed E-state index contributed by atoms with van der Waals surface area (Å²) in [4.78, 5) is 6.38. The number of rotatable bonds is 6. The van der Waals surface area contributed by atoms with Gasteiger partial charge in [0, 0.05) is 18.9 Å². The molecule has 82 valence electrons. The molecule has 0 saturated carbocycles. The van der Waals surface area contributed by atoms with Crippen LogP contribution in [0.2, 0.25) is 0 Å². The van der Waals surface area contributed by atoms with Crippen LogP contribution in [-0.4, -0.2) is 40.8 Å². The van der Waals surface area contributed by atoms with Gasteiger partial charge in [0.15, 0.2) is 5.16 Å². The Morgan fingerprint density at radius 2 is 2.40 bits per heavy atom. The minimum Gasteiger partial charge on any atom is -0.326 e. The molecule has 0 spiro atoms. The summed E-state index contributed by atoms with van der Waals surface area (Å²) >= 11 is 1.49. The molecule has 0 aliphatic carbocycles. The number of nitrogens with zero attached hydrogens (tertiary/aromatic N) is 4. The first-order valence-electron chi connectivity index (χ1n) is 4.89. The third-order valence-corrected chi connectivity index (χ3v) is 2.82. The molecule has 1 rings (SSSR count). The first-order valence-corrected chi connectivity index (χ1v) is 5.88. The van der Waals surface area contributed by atoms with Crippen LogP contribution in [0, 0.1) is 11.3 Å². The Bertz CT molecular complexity index is 326. The highest BCUT2D eigenvalue weighted by Crippen LogP contribution is 2.15. The van der Waals surface area contributed by atoms with E-state index in [1.807, 2.05) is 6.20 Å². The summed E-state index contributed by atoms with van der Waals surface area (Å²) in [5, 5.41) is 9.43. The van der Waals surface area contributed by atoms with Crippen LogP contribution in [-0.2, 0) is 6.54 Å². The number of hydrogen-bond acceptors (Lipinski definition) is 4. The second-order valence-corrected chi connectivity index (χ2v) is 4.45. The van der Waals surface area contributed by atoms with E-state index in [2.05, 4.69) is 34.6 Å². The van der Waals surface area contributed by atoms with Gasteiger partial charge in [-0.05, 0) is 27.1 Å². The zero-order valence-electron chi connectivity index (χ0n) is 9.18. The average Bonchev–Trinajstić information content (AvgIpc) is 2.62. The number of hydrogen-bond donors (Lipinski definition) is 0. The van der Waals surface area contributed by atoms with Crippen molar-refractivity contribution in [3.63, 3.8) is 0 Å². The summed E-state index contributed by atoms with van der Waals surface area (Å²) < 4.78 is 2.10. The molecule has 0 aromatic carbocycles. The minimum absolute atomic E-state index is 0.463. The van der Waals surface area contributed by atoms with Gasteiger partial charge in [0.2, 0.25) is 0 Å². The molecule has 0 aliphatic rings. The molecule has 0 radical (unpaired) electrons. The Hall–Kier alpha value is -0.990. The van der Waals surface area contributed by atoms with Crippen molar-refractivity contribution >= 4 is 11.8 Å². The van der Waals surface area contributed by atoms with E-state index in [4.69, 9.17) is 5.26 Å². The van der Waals surface area contributed by atoms with Gasteiger partial charge in [-0.15, -0.1) is 0 Å². The molecule has 0 unspecified atom stereocenters. The lowest BCUT2D eigenvalue weighted by Gasteiger charge is -2.10. The van der Waals surface area contributed by atoms with E-state index in [0.29, 0.717) is 5.75 Å². The van der Waals surface area contributed by atoms with Crippen molar-refractivity contribution in [3.05, 3.63) is 12.4 Å². The zero-order chi connectivity index (χ0) is 11.1. The summed E-state index contributed by atoms with van der Waals surface area (Å²) in [6.07, 6.45) is 4.86. The van der Waals surface area contributed by atoms with E-state index in [9.17, 15) is 0 Å². The van der Waals surface area contributed by atoms with Crippen LogP contribution in [0.15, 0.2) is 17.6 Å². The van der Waals surface area contributed by atoms with Crippen molar-refractivity contribution in [2.45, 2.75) is 18.1 Å². The first-order chi connectivity index (χ1) is 7.24. The van der Waals surface area contributed by atoms with Gasteiger partial charge in [-0.2, -0.15) is 5.26 Å². The van der Waals surface area contributed by atoms with E-state index in [0.717, 1.165) is 24.7 Å². The molecule has 4 nitrogen and oxygen atoms in total. The van der Waals surface area contributed by atoms with E-state index in [1.165, 1.54) is 11.8 Å². The van der Waals surface area contributed by atoms with Crippen LogP contribution in [0.3, 0.4) is 0 Å². The van der Waals surface area contributed by atoms with Crippen LogP contribution in [0.25, 0.3) is 0 Å². The van der Waals surface area contributed by atoms with Gasteiger partial charge in [0.05, 0.1) is 11.8 Å². The Balaban J connectivity index is 2.40. The fourth-order valence-corrected chi connectivity index (χ4v) is 1.91. The molecule has 0 N–H and O–H groups in total. The molecule has 1 heterocycles. The van der Waals surface area contributed by atoms with Gasteiger partial charge in [0.1, 0.15) is 0 Å². The van der Waals surface area contributed by atoms with Gasteiger partial charge in [0.25, 0.3) is 0 Å². The normalized spacial score (nSPS) is 10.5. The topological polar surface area (TPSA) is 44.9 Å². The SMILES string of the molecule is CN(C)CCCn1ccnc1SCC#N. The third-order valence-electron chi connectivity index (χ3n) is 1.95. The second kappa shape index (κ2) is 6.49. The van der Waals surface area contributed by atoms with Gasteiger partial charge in [-0.25, -0.2) is 4.98 Å². The lowest BCUT2D eigenvalue weighted by atomic mass is 10.4. The molecule has 0 atom stereocenters. The number of aryl methyl sites for hydroxylation is 1. The summed E-state index contributed by atoms with van der Waals surface area (Å²) in [5.74, 6) is 0.463. The van der Waals surface area contributed by atoms with Crippen molar-refractivity contribution in [2.24, 2.45) is 0 Å². The fourth-order valence-electron chi connectivity index (χ4n) is 1.26. The van der Waals surface area contributed by atoms with Crippen LogP contribution < -0.4 is 0 Å². The molecule has 0 saturated heterocycles. The van der Waals surface area contributed by atoms with E-state index in [-0.39, 0.29) is 0 Å². The maximum Gasteiger partial charge on any atom is 0.168 e. The maximum atomic E-state index is 8.49. The monoisotopic (exact) mass is 224 g/mol. The minimum atomic E-state index is 0.463. The van der Waals surface area contributed by atoms with Crippen molar-refractivity contribution in [1.29, 1.82) is 5.26 Å². The van der Waals surface area contributed by atoms with Gasteiger partial charge in [-0.3, -0.25) is 0 Å². The van der Waals surface area contributed by atoms with Gasteiger partial charge < -0.3 is 9.47 Å². The highest BCUT2D eigenvalue weighted by Gasteiger charge is 2.02. The molecule has 0 aliphatic heterocycles. The molecule has 0 fully saturated rings. The summed E-state index contributed by atoms with van der Waals surface area (Å²) in [7, 11) is 4.14. The molecule has 15 heavy (non-hydrogen) atoms. The molecule has 1 aromatic heterocycles. The van der Waals surface area contributed by atoms with Crippen LogP contribution in [0.4, 0.5) is 0 Å². The lowest BCUT2D eigenvalue weighted by Crippen LogP contribution is -2.15. The number of imidazole rings is 1. The Kier molecular flexibility index (Phi) is 5.22. The zero-order valence-corrected chi connectivity index (χ0v) is 10.00. The Morgan fingerprint density at radius 3 is 3.07 bits per heavy atom. The summed E-state index contributed by atoms with van der Waals surface area (Å²) in [5.41, 5.74) is 0. The van der Waals surface area contributed by atoms with Crippen molar-refractivity contribution in [1.82, 2.24) is 14.5 Å². The van der Waals surface area contributed by atoms with Crippen molar-refractivity contribution in [2.75, 3.05) is 26.4 Å². The van der Waals surface area contributed by atoms with E-state index < -0.39 is 0 Å². The Morgan fingerprint density at radius 1 is 1.60 bits per heavy atom. The largest absolute Gasteiger partial charge is 0.326 e. The predicted octanol–water partition coefficient (Wildman–Crippen LogP) is 1.45. The highest BCUT2D eigenvalue weighted by molar-refractivity contribution is 7.99. The lowest BCUT2D eigenvalue weighted by molar-refractivity contribution is 0.382. The molecule has 5 heteroatoms. The van der Waals surface area contributed by atoms with E-state index in [1.54, 1.807) is 6.20 Å². The number of nitriles is 1. The number of aromatic nitrogens is 2. The molecular formula is C10H16N4S. The van der Waals surface area contributed by atoms with Gasteiger partial charge in [-0.1, -0.05) is 11.8 Å². The van der Waals surface area contributed by atoms with Crippen LogP contribution >= 0.6 is 11.8 Å². The molecular weight excluding hydrogens is 208 g/mol. The van der Waals surface area contributed by atoms with Crippen LogP contribution in [0.1, 0.15) is 6.42 Å². The molecule has 0 bridgehead atoms.